The lowest BCUT2D eigenvalue weighted by molar-refractivity contribution is 0.0527. The van der Waals surface area contributed by atoms with Crippen LogP contribution in [0.3, 0.4) is 0 Å². The first-order valence-electron chi connectivity index (χ1n) is 12.7. The quantitative estimate of drug-likeness (QED) is 0.418. The van der Waals surface area contributed by atoms with Crippen LogP contribution in [0.1, 0.15) is 56.0 Å². The van der Waals surface area contributed by atoms with Crippen LogP contribution < -0.4 is 20.1 Å². The highest BCUT2D eigenvalue weighted by atomic mass is 35.5. The van der Waals surface area contributed by atoms with E-state index in [2.05, 4.69) is 27.7 Å². The number of methoxy groups -OCH3 is 1. The number of piperidine rings is 1. The summed E-state index contributed by atoms with van der Waals surface area (Å²) < 4.78 is 16.6. The number of alkyl carbamates (subject to hydrolysis) is 1. The highest BCUT2D eigenvalue weighted by molar-refractivity contribution is 6.32. The van der Waals surface area contributed by atoms with E-state index in [0.717, 1.165) is 38.2 Å². The first-order valence-corrected chi connectivity index (χ1v) is 13.1. The zero-order valence-electron chi connectivity index (χ0n) is 22.1. The molecular formula is C28H38ClN3O5. The Morgan fingerprint density at radius 2 is 1.70 bits per heavy atom. The van der Waals surface area contributed by atoms with Crippen LogP contribution in [0.2, 0.25) is 5.02 Å². The van der Waals surface area contributed by atoms with Gasteiger partial charge in [-0.2, -0.15) is 0 Å². The highest BCUT2D eigenvalue weighted by Crippen LogP contribution is 2.29. The molecule has 0 radical (unpaired) electrons. The summed E-state index contributed by atoms with van der Waals surface area (Å²) >= 11 is 6.44. The van der Waals surface area contributed by atoms with Crippen LogP contribution in [-0.4, -0.2) is 61.9 Å². The molecule has 0 unspecified atom stereocenters. The second-order valence-electron chi connectivity index (χ2n) is 10.1. The predicted molar refractivity (Wildman–Crippen MR) is 145 cm³/mol. The van der Waals surface area contributed by atoms with Crippen molar-refractivity contribution in [3.63, 3.8) is 0 Å². The van der Waals surface area contributed by atoms with E-state index in [9.17, 15) is 9.59 Å². The Kier molecular flexibility index (Phi) is 10.5. The molecule has 0 aromatic heterocycles. The van der Waals surface area contributed by atoms with Crippen molar-refractivity contribution in [3.05, 3.63) is 58.6 Å². The van der Waals surface area contributed by atoms with Crippen molar-refractivity contribution in [1.29, 1.82) is 0 Å². The van der Waals surface area contributed by atoms with E-state index in [1.54, 1.807) is 25.3 Å². The van der Waals surface area contributed by atoms with Gasteiger partial charge in [0.2, 0.25) is 0 Å². The van der Waals surface area contributed by atoms with Gasteiger partial charge < -0.3 is 24.8 Å². The fourth-order valence-corrected chi connectivity index (χ4v) is 4.21. The van der Waals surface area contributed by atoms with E-state index in [0.29, 0.717) is 35.8 Å². The normalized spacial score (nSPS) is 14.6. The second kappa shape index (κ2) is 13.5. The monoisotopic (exact) mass is 531 g/mol. The number of hydrogen-bond donors (Lipinski definition) is 2. The molecule has 0 atom stereocenters. The third kappa shape index (κ3) is 9.78. The molecule has 2 amide bonds. The fraction of sp³-hybridized carbons (Fsp3) is 0.500. The number of ether oxygens (including phenoxy) is 3. The molecule has 2 N–H and O–H groups in total. The van der Waals surface area contributed by atoms with Gasteiger partial charge in [-0.1, -0.05) is 23.7 Å². The number of likely N-dealkylation sites (tertiary alicyclic amines) is 1. The van der Waals surface area contributed by atoms with E-state index < -0.39 is 11.7 Å². The van der Waals surface area contributed by atoms with Gasteiger partial charge in [-0.05, 0) is 75.9 Å². The minimum absolute atomic E-state index is 0.0850. The maximum Gasteiger partial charge on any atom is 0.407 e. The largest absolute Gasteiger partial charge is 0.497 e. The number of nitrogens with one attached hydrogen (secondary N) is 2. The van der Waals surface area contributed by atoms with E-state index in [4.69, 9.17) is 25.8 Å². The Bertz CT molecular complexity index is 1030. The number of halogens is 1. The summed E-state index contributed by atoms with van der Waals surface area (Å²) in [5.74, 6) is 1.23. The topological polar surface area (TPSA) is 89.1 Å². The number of carbonyl (C=O) groups is 2. The molecule has 0 bridgehead atoms. The SMILES string of the molecule is COc1ccc(CN2CCC(Oc3ccc(C(=O)NCCCNC(=O)OC(C)(C)C)cc3Cl)CC2)cc1. The molecule has 1 aliphatic rings. The zero-order chi connectivity index (χ0) is 26.8. The van der Waals surface area contributed by atoms with Crippen molar-refractivity contribution in [1.82, 2.24) is 15.5 Å². The summed E-state index contributed by atoms with van der Waals surface area (Å²) in [5.41, 5.74) is 1.19. The number of amides is 2. The molecule has 1 fully saturated rings. The maximum atomic E-state index is 12.5. The summed E-state index contributed by atoms with van der Waals surface area (Å²) in [6.45, 7) is 9.03. The lowest BCUT2D eigenvalue weighted by Gasteiger charge is -2.32. The van der Waals surface area contributed by atoms with Crippen LogP contribution in [0.15, 0.2) is 42.5 Å². The molecule has 3 rings (SSSR count). The van der Waals surface area contributed by atoms with Gasteiger partial charge in [0, 0.05) is 38.3 Å². The smallest absolute Gasteiger partial charge is 0.407 e. The van der Waals surface area contributed by atoms with Crippen molar-refractivity contribution in [2.75, 3.05) is 33.3 Å². The van der Waals surface area contributed by atoms with E-state index in [-0.39, 0.29) is 12.0 Å². The molecule has 2 aromatic rings. The van der Waals surface area contributed by atoms with Crippen LogP contribution >= 0.6 is 11.6 Å². The number of carbonyl (C=O) groups excluding carboxylic acids is 2. The second-order valence-corrected chi connectivity index (χ2v) is 10.5. The molecular weight excluding hydrogens is 494 g/mol. The molecule has 0 aliphatic carbocycles. The van der Waals surface area contributed by atoms with Crippen molar-refractivity contribution in [3.8, 4) is 11.5 Å². The summed E-state index contributed by atoms with van der Waals surface area (Å²) in [6, 6.07) is 13.3. The third-order valence-electron chi connectivity index (χ3n) is 5.89. The summed E-state index contributed by atoms with van der Waals surface area (Å²) in [5, 5.41) is 5.92. The molecule has 1 aliphatic heterocycles. The average molecular weight is 532 g/mol. The maximum absolute atomic E-state index is 12.5. The molecule has 1 heterocycles. The summed E-state index contributed by atoms with van der Waals surface area (Å²) in [6.07, 6.45) is 2.01. The van der Waals surface area contributed by atoms with Gasteiger partial charge in [0.15, 0.2) is 0 Å². The molecule has 37 heavy (non-hydrogen) atoms. The van der Waals surface area contributed by atoms with Crippen molar-refractivity contribution in [2.24, 2.45) is 0 Å². The van der Waals surface area contributed by atoms with Crippen LogP contribution in [0.4, 0.5) is 4.79 Å². The Labute approximate surface area is 224 Å². The van der Waals surface area contributed by atoms with Crippen molar-refractivity contribution < 1.29 is 23.8 Å². The van der Waals surface area contributed by atoms with Crippen LogP contribution in [-0.2, 0) is 11.3 Å². The molecule has 202 valence electrons. The van der Waals surface area contributed by atoms with Gasteiger partial charge in [-0.25, -0.2) is 4.79 Å². The van der Waals surface area contributed by atoms with Crippen molar-refractivity contribution in [2.45, 2.75) is 58.3 Å². The van der Waals surface area contributed by atoms with Crippen molar-refractivity contribution >= 4 is 23.6 Å². The lowest BCUT2D eigenvalue weighted by atomic mass is 10.1. The Balaban J connectivity index is 1.37. The van der Waals surface area contributed by atoms with E-state index >= 15 is 0 Å². The number of hydrogen-bond acceptors (Lipinski definition) is 6. The van der Waals surface area contributed by atoms with Gasteiger partial charge >= 0.3 is 6.09 Å². The van der Waals surface area contributed by atoms with Crippen LogP contribution in [0.5, 0.6) is 11.5 Å². The number of benzene rings is 2. The highest BCUT2D eigenvalue weighted by Gasteiger charge is 2.22. The molecule has 0 spiro atoms. The standard InChI is InChI=1S/C28H38ClN3O5/c1-28(2,3)37-27(34)31-15-5-14-30-26(33)21-8-11-25(24(29)18-21)36-23-12-16-32(17-13-23)19-20-6-9-22(35-4)10-7-20/h6-11,18,23H,5,12-17,19H2,1-4H3,(H,30,33)(H,31,34). The van der Waals surface area contributed by atoms with Gasteiger partial charge in [0.05, 0.1) is 12.1 Å². The predicted octanol–water partition coefficient (Wildman–Crippen LogP) is 5.04. The Morgan fingerprint density at radius 3 is 2.32 bits per heavy atom. The van der Waals surface area contributed by atoms with Crippen LogP contribution in [0.25, 0.3) is 0 Å². The first kappa shape index (κ1) is 28.6. The lowest BCUT2D eigenvalue weighted by Crippen LogP contribution is -2.37. The minimum atomic E-state index is -0.539. The Morgan fingerprint density at radius 1 is 1.03 bits per heavy atom. The zero-order valence-corrected chi connectivity index (χ0v) is 22.9. The van der Waals surface area contributed by atoms with Gasteiger partial charge in [0.25, 0.3) is 5.91 Å². The number of nitrogens with zero attached hydrogens (tertiary/aromatic N) is 1. The van der Waals surface area contributed by atoms with Gasteiger partial charge in [-0.15, -0.1) is 0 Å². The molecule has 9 heteroatoms. The average Bonchev–Trinajstić information content (AvgIpc) is 2.85. The van der Waals surface area contributed by atoms with Gasteiger partial charge in [0.1, 0.15) is 23.2 Å². The molecule has 1 saturated heterocycles. The minimum Gasteiger partial charge on any atom is -0.497 e. The summed E-state index contributed by atoms with van der Waals surface area (Å²) in [7, 11) is 1.67. The number of rotatable bonds is 10. The van der Waals surface area contributed by atoms with Crippen LogP contribution in [0, 0.1) is 0 Å². The van der Waals surface area contributed by atoms with E-state index in [1.165, 1.54) is 5.56 Å². The molecule has 0 saturated carbocycles. The fourth-order valence-electron chi connectivity index (χ4n) is 3.99. The van der Waals surface area contributed by atoms with E-state index in [1.807, 2.05) is 32.9 Å². The third-order valence-corrected chi connectivity index (χ3v) is 6.19. The van der Waals surface area contributed by atoms with Gasteiger partial charge in [-0.3, -0.25) is 9.69 Å². The molecule has 8 nitrogen and oxygen atoms in total. The summed E-state index contributed by atoms with van der Waals surface area (Å²) in [4.78, 5) is 26.5. The Hall–Kier alpha value is -2.97. The first-order chi connectivity index (χ1) is 17.6. The molecule has 2 aromatic carbocycles.